The van der Waals surface area contributed by atoms with Crippen molar-refractivity contribution >= 4 is 23.0 Å². The normalized spacial score (nSPS) is 7.67. The number of carboxylic acids is 1. The molecule has 0 atom stereocenters. The molecule has 60 valence electrons. The first-order chi connectivity index (χ1) is 4.70. The predicted octanol–water partition coefficient (Wildman–Crippen LogP) is -2.66. The third kappa shape index (κ3) is 4.11. The molecule has 1 aromatic rings. The number of halogens is 1. The van der Waals surface area contributed by atoms with Gasteiger partial charge in [0.1, 0.15) is 5.75 Å². The third-order valence-corrected chi connectivity index (χ3v) is 1.10. The Kier molecular flexibility index (Phi) is 7.83. The van der Waals surface area contributed by atoms with Crippen LogP contribution in [0.25, 0.3) is 0 Å². The number of carboxylic acid groups (broad SMARTS) is 1. The van der Waals surface area contributed by atoms with Gasteiger partial charge in [-0.3, -0.25) is 0 Å². The average Bonchev–Trinajstić information content (AvgIpc) is 1.88. The van der Waals surface area contributed by atoms with E-state index in [0.717, 1.165) is 0 Å². The van der Waals surface area contributed by atoms with E-state index in [1.54, 1.807) is 0 Å². The largest absolute Gasteiger partial charge is 1.00 e. The van der Waals surface area contributed by atoms with E-state index in [4.69, 9.17) is 5.11 Å². The summed E-state index contributed by atoms with van der Waals surface area (Å²) in [5.74, 6) is -1.19. The summed E-state index contributed by atoms with van der Waals surface area (Å²) in [5.41, 5.74) is 0.0674. The second-order valence-corrected chi connectivity index (χ2v) is 1.83. The summed E-state index contributed by atoms with van der Waals surface area (Å²) in [6.45, 7) is 0. The minimum Gasteiger partial charge on any atom is -0.545 e. The molecule has 0 bridgehead atoms. The van der Waals surface area contributed by atoms with Gasteiger partial charge in [0.25, 0.3) is 0 Å². The summed E-state index contributed by atoms with van der Waals surface area (Å²) in [7, 11) is 0. The number of aromatic carboxylic acids is 1. The molecule has 0 amide bonds. The van der Waals surface area contributed by atoms with Crippen molar-refractivity contribution in [3.8, 4) is 5.75 Å². The molecule has 0 aliphatic rings. The number of carbonyl (C=O) groups excluding carboxylic acids is 1. The number of rotatable bonds is 1. The van der Waals surface area contributed by atoms with Gasteiger partial charge < -0.3 is 15.0 Å². The van der Waals surface area contributed by atoms with E-state index >= 15 is 0 Å². The molecule has 0 aliphatic carbocycles. The van der Waals surface area contributed by atoms with Crippen LogP contribution in [0.3, 0.4) is 0 Å². The van der Waals surface area contributed by atoms with Gasteiger partial charge in [0.05, 0.1) is 5.97 Å². The fraction of sp³-hybridized carbons (Fsp3) is 0. The maximum atomic E-state index is 10.1. The van der Waals surface area contributed by atoms with Crippen LogP contribution < -0.4 is 34.7 Å². The zero-order valence-corrected chi connectivity index (χ0v) is 10.2. The molecule has 1 aromatic carbocycles. The zero-order chi connectivity index (χ0) is 7.56. The molecule has 1 N–H and O–H groups in total. The van der Waals surface area contributed by atoms with Crippen molar-refractivity contribution in [1.29, 1.82) is 0 Å². The summed E-state index contributed by atoms with van der Waals surface area (Å²) in [6, 6.07) is 5.16. The van der Waals surface area contributed by atoms with Crippen molar-refractivity contribution in [3.05, 3.63) is 29.8 Å². The zero-order valence-electron chi connectivity index (χ0n) is 6.48. The van der Waals surface area contributed by atoms with Crippen molar-refractivity contribution < 1.29 is 44.6 Å². The second kappa shape index (κ2) is 6.48. The van der Waals surface area contributed by atoms with Crippen LogP contribution in [0.2, 0.25) is 0 Å². The second-order valence-electron chi connectivity index (χ2n) is 1.83. The van der Waals surface area contributed by atoms with E-state index in [0.29, 0.717) is 0 Å². The van der Waals surface area contributed by atoms with Gasteiger partial charge in [0, 0.05) is 0 Å². The molecule has 12 heavy (non-hydrogen) atoms. The van der Waals surface area contributed by atoms with Crippen molar-refractivity contribution in [2.24, 2.45) is 0 Å². The molecule has 0 saturated heterocycles. The SMILES string of the molecule is Br.O=C([O-])c1ccc(O)cc1.[Na+]. The molecular weight excluding hydrogens is 235 g/mol. The molecular formula is C7H6BrNaO3. The summed E-state index contributed by atoms with van der Waals surface area (Å²) in [4.78, 5) is 10.1. The summed E-state index contributed by atoms with van der Waals surface area (Å²) >= 11 is 0. The minimum absolute atomic E-state index is 0. The minimum atomic E-state index is -1.24. The molecule has 0 fully saturated rings. The van der Waals surface area contributed by atoms with Crippen LogP contribution >= 0.6 is 17.0 Å². The first-order valence-corrected chi connectivity index (χ1v) is 2.70. The number of hydrogen-bond acceptors (Lipinski definition) is 3. The summed E-state index contributed by atoms with van der Waals surface area (Å²) < 4.78 is 0. The molecule has 0 radical (unpaired) electrons. The van der Waals surface area contributed by atoms with Gasteiger partial charge in [-0.25, -0.2) is 0 Å². The Morgan fingerprint density at radius 1 is 1.25 bits per heavy atom. The van der Waals surface area contributed by atoms with Crippen LogP contribution in [-0.4, -0.2) is 11.1 Å². The first-order valence-electron chi connectivity index (χ1n) is 2.70. The van der Waals surface area contributed by atoms with E-state index < -0.39 is 5.97 Å². The van der Waals surface area contributed by atoms with Crippen molar-refractivity contribution in [2.75, 3.05) is 0 Å². The third-order valence-electron chi connectivity index (χ3n) is 1.10. The van der Waals surface area contributed by atoms with Crippen LogP contribution in [0.5, 0.6) is 5.75 Å². The number of benzene rings is 1. The van der Waals surface area contributed by atoms with Crippen molar-refractivity contribution in [3.63, 3.8) is 0 Å². The topological polar surface area (TPSA) is 60.4 Å². The summed E-state index contributed by atoms with van der Waals surface area (Å²) in [6.07, 6.45) is 0. The number of phenolic OH excluding ortho intramolecular Hbond substituents is 1. The molecule has 0 aromatic heterocycles. The fourth-order valence-electron chi connectivity index (χ4n) is 0.598. The van der Waals surface area contributed by atoms with Gasteiger partial charge in [-0.1, -0.05) is 0 Å². The maximum Gasteiger partial charge on any atom is 1.00 e. The van der Waals surface area contributed by atoms with Gasteiger partial charge >= 0.3 is 29.6 Å². The molecule has 5 heteroatoms. The van der Waals surface area contributed by atoms with E-state index in [9.17, 15) is 9.90 Å². The van der Waals surface area contributed by atoms with E-state index in [1.165, 1.54) is 24.3 Å². The van der Waals surface area contributed by atoms with Crippen LogP contribution in [0.4, 0.5) is 0 Å². The van der Waals surface area contributed by atoms with Crippen LogP contribution in [0.1, 0.15) is 10.4 Å². The van der Waals surface area contributed by atoms with Gasteiger partial charge in [-0.15, -0.1) is 17.0 Å². The maximum absolute atomic E-state index is 10.1. The Labute approximate surface area is 102 Å². The van der Waals surface area contributed by atoms with E-state index in [2.05, 4.69) is 0 Å². The Morgan fingerprint density at radius 2 is 1.67 bits per heavy atom. The monoisotopic (exact) mass is 240 g/mol. The molecule has 1 rings (SSSR count). The van der Waals surface area contributed by atoms with E-state index in [-0.39, 0.29) is 57.9 Å². The number of aromatic hydroxyl groups is 1. The number of hydrogen-bond donors (Lipinski definition) is 1. The van der Waals surface area contributed by atoms with Gasteiger partial charge in [0.2, 0.25) is 0 Å². The van der Waals surface area contributed by atoms with Crippen molar-refractivity contribution in [1.82, 2.24) is 0 Å². The van der Waals surface area contributed by atoms with Gasteiger partial charge in [-0.2, -0.15) is 0 Å². The Bertz CT molecular complexity index is 247. The predicted molar refractivity (Wildman–Crippen MR) is 42.8 cm³/mol. The Hall–Kier alpha value is -0.0300. The van der Waals surface area contributed by atoms with Gasteiger partial charge in [-0.05, 0) is 29.8 Å². The standard InChI is InChI=1S/C7H6O3.BrH.Na/c8-6-3-1-5(2-4-6)7(9)10;;/h1-4,8H,(H,9,10);1H;/q;;+1/p-1. The summed E-state index contributed by atoms with van der Waals surface area (Å²) in [5, 5.41) is 18.8. The molecule has 0 aliphatic heterocycles. The molecule has 0 saturated carbocycles. The van der Waals surface area contributed by atoms with Crippen LogP contribution in [0.15, 0.2) is 24.3 Å². The smallest absolute Gasteiger partial charge is 0.545 e. The molecule has 0 unspecified atom stereocenters. The van der Waals surface area contributed by atoms with Crippen LogP contribution in [-0.2, 0) is 0 Å². The number of carbonyl (C=O) groups is 1. The van der Waals surface area contributed by atoms with Gasteiger partial charge in [0.15, 0.2) is 0 Å². The molecule has 0 spiro atoms. The number of phenols is 1. The Balaban J connectivity index is 0. The van der Waals surface area contributed by atoms with E-state index in [1.807, 2.05) is 0 Å². The van der Waals surface area contributed by atoms with Crippen molar-refractivity contribution in [2.45, 2.75) is 0 Å². The Morgan fingerprint density at radius 3 is 2.00 bits per heavy atom. The molecule has 3 nitrogen and oxygen atoms in total. The first kappa shape index (κ1) is 14.5. The fourth-order valence-corrected chi connectivity index (χ4v) is 0.598. The average molecular weight is 241 g/mol. The van der Waals surface area contributed by atoms with Crippen LogP contribution in [0, 0.1) is 0 Å². The molecule has 0 heterocycles. The quantitative estimate of drug-likeness (QED) is 0.546.